The van der Waals surface area contributed by atoms with E-state index in [9.17, 15) is 14.4 Å². The molecule has 1 aromatic rings. The summed E-state index contributed by atoms with van der Waals surface area (Å²) in [5, 5.41) is 5.75. The molecule has 6 heteroatoms. The van der Waals surface area contributed by atoms with Gasteiger partial charge in [0, 0.05) is 18.7 Å². The van der Waals surface area contributed by atoms with Gasteiger partial charge in [-0.05, 0) is 92.9 Å². The smallest absolute Gasteiger partial charge is 0.338 e. The van der Waals surface area contributed by atoms with Crippen molar-refractivity contribution in [2.75, 3.05) is 11.9 Å². The molecule has 6 nitrogen and oxygen atoms in total. The first kappa shape index (κ1) is 19.9. The third kappa shape index (κ3) is 4.31. The maximum absolute atomic E-state index is 12.4. The van der Waals surface area contributed by atoms with Crippen LogP contribution >= 0.6 is 0 Å². The van der Waals surface area contributed by atoms with Crippen molar-refractivity contribution in [3.63, 3.8) is 0 Å². The molecule has 29 heavy (non-hydrogen) atoms. The summed E-state index contributed by atoms with van der Waals surface area (Å²) in [6.45, 7) is 3.27. The molecule has 5 rings (SSSR count). The Morgan fingerprint density at radius 3 is 2.10 bits per heavy atom. The zero-order valence-electron chi connectivity index (χ0n) is 17.2. The summed E-state index contributed by atoms with van der Waals surface area (Å²) in [4.78, 5) is 35.7. The second-order valence-electron chi connectivity index (χ2n) is 9.40. The van der Waals surface area contributed by atoms with Gasteiger partial charge >= 0.3 is 5.97 Å². The summed E-state index contributed by atoms with van der Waals surface area (Å²) in [6.07, 6.45) is 7.79. The van der Waals surface area contributed by atoms with Crippen molar-refractivity contribution in [2.24, 2.45) is 23.2 Å². The number of esters is 1. The highest BCUT2D eigenvalue weighted by Gasteiger charge is 2.53. The molecule has 0 aromatic heterocycles. The largest absolute Gasteiger partial charge is 0.452 e. The van der Waals surface area contributed by atoms with Crippen molar-refractivity contribution < 1.29 is 19.1 Å². The van der Waals surface area contributed by atoms with E-state index >= 15 is 0 Å². The summed E-state index contributed by atoms with van der Waals surface area (Å²) < 4.78 is 5.19. The van der Waals surface area contributed by atoms with Gasteiger partial charge in [0.15, 0.2) is 6.61 Å². The molecule has 0 unspecified atom stereocenters. The molecule has 4 bridgehead atoms. The van der Waals surface area contributed by atoms with Gasteiger partial charge in [-0.2, -0.15) is 0 Å². The highest BCUT2D eigenvalue weighted by molar-refractivity contribution is 5.93. The zero-order chi connectivity index (χ0) is 20.6. The second-order valence-corrected chi connectivity index (χ2v) is 9.40. The van der Waals surface area contributed by atoms with Crippen molar-refractivity contribution in [1.29, 1.82) is 0 Å². The lowest BCUT2D eigenvalue weighted by atomic mass is 9.48. The molecule has 4 fully saturated rings. The van der Waals surface area contributed by atoms with Crippen LogP contribution in [0.5, 0.6) is 0 Å². The molecule has 4 aliphatic rings. The van der Waals surface area contributed by atoms with E-state index < -0.39 is 5.97 Å². The predicted octanol–water partition coefficient (Wildman–Crippen LogP) is 3.52. The highest BCUT2D eigenvalue weighted by atomic mass is 16.5. The first-order chi connectivity index (χ1) is 13.8. The SMILES string of the molecule is CC(=O)Nc1ccc(C(=O)OCC(=O)N[C@@H](C)C23CC4CC(CC(C4)C2)C3)cc1. The summed E-state index contributed by atoms with van der Waals surface area (Å²) in [6, 6.07) is 6.52. The fourth-order valence-electron chi connectivity index (χ4n) is 6.25. The standard InChI is InChI=1S/C23H30N2O4/c1-14(23-10-16-7-17(11-23)9-18(8-16)12-23)24-21(27)13-29-22(28)19-3-5-20(6-4-19)25-15(2)26/h3-6,14,16-18H,7-13H2,1-2H3,(H,24,27)(H,25,26)/t14-,16?,17?,18?,23?/m0/s1. The Hall–Kier alpha value is -2.37. The van der Waals surface area contributed by atoms with Crippen LogP contribution < -0.4 is 10.6 Å². The van der Waals surface area contributed by atoms with E-state index in [1.807, 2.05) is 0 Å². The van der Waals surface area contributed by atoms with Crippen molar-refractivity contribution in [3.05, 3.63) is 29.8 Å². The highest BCUT2D eigenvalue weighted by Crippen LogP contribution is 2.61. The minimum atomic E-state index is -0.544. The van der Waals surface area contributed by atoms with E-state index in [1.54, 1.807) is 24.3 Å². The van der Waals surface area contributed by atoms with Gasteiger partial charge in [0.05, 0.1) is 5.56 Å². The van der Waals surface area contributed by atoms with Gasteiger partial charge in [0.25, 0.3) is 5.91 Å². The predicted molar refractivity (Wildman–Crippen MR) is 109 cm³/mol. The van der Waals surface area contributed by atoms with E-state index in [1.165, 1.54) is 45.4 Å². The van der Waals surface area contributed by atoms with Gasteiger partial charge in [-0.3, -0.25) is 9.59 Å². The molecule has 2 amide bonds. The lowest BCUT2D eigenvalue weighted by molar-refractivity contribution is -0.128. The molecular weight excluding hydrogens is 368 g/mol. The van der Waals surface area contributed by atoms with Gasteiger partial charge in [0.1, 0.15) is 0 Å². The molecule has 1 atom stereocenters. The molecular formula is C23H30N2O4. The Morgan fingerprint density at radius 1 is 1.03 bits per heavy atom. The molecule has 0 radical (unpaired) electrons. The lowest BCUT2D eigenvalue weighted by Gasteiger charge is -2.59. The minimum Gasteiger partial charge on any atom is -0.452 e. The summed E-state index contributed by atoms with van der Waals surface area (Å²) in [7, 11) is 0. The van der Waals surface area contributed by atoms with Crippen molar-refractivity contribution in [1.82, 2.24) is 5.32 Å². The summed E-state index contributed by atoms with van der Waals surface area (Å²) in [5.41, 5.74) is 1.19. The normalized spacial score (nSPS) is 30.5. The van der Waals surface area contributed by atoms with Crippen molar-refractivity contribution >= 4 is 23.5 Å². The van der Waals surface area contributed by atoms with Gasteiger partial charge in [0.2, 0.25) is 5.91 Å². The second kappa shape index (κ2) is 7.81. The number of carbonyl (C=O) groups excluding carboxylic acids is 3. The Labute approximate surface area is 171 Å². The number of rotatable bonds is 6. The number of carbonyl (C=O) groups is 3. The van der Waals surface area contributed by atoms with Crippen molar-refractivity contribution in [3.8, 4) is 0 Å². The van der Waals surface area contributed by atoms with Crippen LogP contribution in [0.3, 0.4) is 0 Å². The first-order valence-corrected chi connectivity index (χ1v) is 10.7. The quantitative estimate of drug-likeness (QED) is 0.718. The molecule has 1 aromatic carbocycles. The topological polar surface area (TPSA) is 84.5 Å². The number of benzene rings is 1. The lowest BCUT2D eigenvalue weighted by Crippen LogP contribution is -2.56. The number of amides is 2. The van der Waals surface area contributed by atoms with Gasteiger partial charge in [-0.25, -0.2) is 4.79 Å². The van der Waals surface area contributed by atoms with Crippen LogP contribution in [0.25, 0.3) is 0 Å². The fourth-order valence-corrected chi connectivity index (χ4v) is 6.25. The Morgan fingerprint density at radius 2 is 1.59 bits per heavy atom. The van der Waals surface area contributed by atoms with Gasteiger partial charge in [-0.1, -0.05) is 0 Å². The van der Waals surface area contributed by atoms with E-state index in [0.29, 0.717) is 11.3 Å². The minimum absolute atomic E-state index is 0.110. The van der Waals surface area contributed by atoms with Crippen LogP contribution in [0.15, 0.2) is 24.3 Å². The monoisotopic (exact) mass is 398 g/mol. The fraction of sp³-hybridized carbons (Fsp3) is 0.609. The molecule has 0 heterocycles. The maximum atomic E-state index is 12.4. The van der Waals surface area contributed by atoms with E-state index in [0.717, 1.165) is 17.8 Å². The average Bonchev–Trinajstić information content (AvgIpc) is 2.65. The molecule has 0 saturated heterocycles. The molecule has 4 saturated carbocycles. The third-order valence-corrected chi connectivity index (χ3v) is 7.16. The number of anilines is 1. The number of hydrogen-bond acceptors (Lipinski definition) is 4. The molecule has 4 aliphatic carbocycles. The van der Waals surface area contributed by atoms with Gasteiger partial charge in [-0.15, -0.1) is 0 Å². The van der Waals surface area contributed by atoms with Crippen LogP contribution in [-0.2, 0) is 14.3 Å². The van der Waals surface area contributed by atoms with E-state index in [2.05, 4.69) is 17.6 Å². The van der Waals surface area contributed by atoms with Crippen molar-refractivity contribution in [2.45, 2.75) is 58.4 Å². The first-order valence-electron chi connectivity index (χ1n) is 10.7. The van der Waals surface area contributed by atoms with Crippen LogP contribution in [-0.4, -0.2) is 30.4 Å². The molecule has 0 spiro atoms. The van der Waals surface area contributed by atoms with Gasteiger partial charge < -0.3 is 15.4 Å². The Kier molecular flexibility index (Phi) is 5.36. The summed E-state index contributed by atoms with van der Waals surface area (Å²) >= 11 is 0. The number of nitrogens with one attached hydrogen (secondary N) is 2. The van der Waals surface area contributed by atoms with E-state index in [4.69, 9.17) is 4.74 Å². The summed E-state index contributed by atoms with van der Waals surface area (Å²) in [5.74, 6) is 1.54. The Bertz CT molecular complexity index is 766. The molecule has 0 aliphatic heterocycles. The number of hydrogen-bond donors (Lipinski definition) is 2. The van der Waals surface area contributed by atoms with Crippen LogP contribution in [0.2, 0.25) is 0 Å². The van der Waals surface area contributed by atoms with Crippen LogP contribution in [0.1, 0.15) is 62.7 Å². The third-order valence-electron chi connectivity index (χ3n) is 7.16. The van der Waals surface area contributed by atoms with Crippen LogP contribution in [0, 0.1) is 23.2 Å². The average molecular weight is 399 g/mol. The maximum Gasteiger partial charge on any atom is 0.338 e. The Balaban J connectivity index is 1.27. The number of ether oxygens (including phenoxy) is 1. The van der Waals surface area contributed by atoms with Crippen LogP contribution in [0.4, 0.5) is 5.69 Å². The van der Waals surface area contributed by atoms with E-state index in [-0.39, 0.29) is 29.9 Å². The molecule has 156 valence electrons. The molecule has 2 N–H and O–H groups in total. The zero-order valence-corrected chi connectivity index (χ0v) is 17.2.